The number of hydrogen-bond acceptors (Lipinski definition) is 5. The zero-order chi connectivity index (χ0) is 18.8. The third-order valence-corrected chi connectivity index (χ3v) is 6.52. The van der Waals surface area contributed by atoms with E-state index in [-0.39, 0.29) is 35.0 Å². The van der Waals surface area contributed by atoms with Crippen LogP contribution in [0.2, 0.25) is 0 Å². The molecule has 2 unspecified atom stereocenters. The molecule has 1 heterocycles. The number of nitrogens with zero attached hydrogens (tertiary/aromatic N) is 2. The van der Waals surface area contributed by atoms with Crippen LogP contribution < -0.4 is 10.5 Å². The van der Waals surface area contributed by atoms with Crippen molar-refractivity contribution in [2.75, 3.05) is 34.3 Å². The zero-order valence-electron chi connectivity index (χ0n) is 15.6. The topological polar surface area (TPSA) is 92.9 Å². The van der Waals surface area contributed by atoms with Gasteiger partial charge in [-0.05, 0) is 37.0 Å². The lowest BCUT2D eigenvalue weighted by Gasteiger charge is -2.38. The second kappa shape index (κ2) is 9.03. The standard InChI is InChI=1S/C17H27N3O4S.ClH/c1-12-7-8-20(14(9-12)11-18)17(21)13-5-6-15(24-4)16(10-13)25(22,23)19(2)3;/h5-6,10,12,14H,7-9,11,18H2,1-4H3;1H. The molecule has 1 amide bonds. The number of ether oxygens (including phenoxy) is 1. The summed E-state index contributed by atoms with van der Waals surface area (Å²) in [5.41, 5.74) is 6.17. The van der Waals surface area contributed by atoms with Gasteiger partial charge in [0.15, 0.2) is 0 Å². The van der Waals surface area contributed by atoms with Crippen LogP contribution in [0.15, 0.2) is 23.1 Å². The molecular formula is C17H28ClN3O4S. The molecule has 2 N–H and O–H groups in total. The maximum atomic E-state index is 12.9. The highest BCUT2D eigenvalue weighted by atomic mass is 35.5. The highest BCUT2D eigenvalue weighted by Gasteiger charge is 2.31. The molecule has 2 rings (SSSR count). The smallest absolute Gasteiger partial charge is 0.254 e. The van der Waals surface area contributed by atoms with Crippen molar-refractivity contribution in [3.05, 3.63) is 23.8 Å². The van der Waals surface area contributed by atoms with Crippen molar-refractivity contribution in [3.63, 3.8) is 0 Å². The average Bonchev–Trinajstić information content (AvgIpc) is 2.60. The Hall–Kier alpha value is -1.35. The third kappa shape index (κ3) is 4.49. The maximum Gasteiger partial charge on any atom is 0.254 e. The van der Waals surface area contributed by atoms with E-state index >= 15 is 0 Å². The molecule has 0 bridgehead atoms. The molecule has 1 aliphatic heterocycles. The number of benzene rings is 1. The lowest BCUT2D eigenvalue weighted by Crippen LogP contribution is -2.49. The zero-order valence-corrected chi connectivity index (χ0v) is 17.3. The molecule has 7 nitrogen and oxygen atoms in total. The quantitative estimate of drug-likeness (QED) is 0.802. The first-order valence-electron chi connectivity index (χ1n) is 8.34. The molecule has 1 saturated heterocycles. The van der Waals surface area contributed by atoms with Gasteiger partial charge in [-0.2, -0.15) is 0 Å². The van der Waals surface area contributed by atoms with Crippen molar-refractivity contribution in [2.24, 2.45) is 11.7 Å². The Morgan fingerprint density at radius 3 is 2.58 bits per heavy atom. The molecule has 0 saturated carbocycles. The van der Waals surface area contributed by atoms with Gasteiger partial charge in [0.2, 0.25) is 10.0 Å². The molecule has 148 valence electrons. The Labute approximate surface area is 161 Å². The molecule has 1 aliphatic rings. The molecule has 0 aliphatic carbocycles. The summed E-state index contributed by atoms with van der Waals surface area (Å²) >= 11 is 0. The van der Waals surface area contributed by atoms with Gasteiger partial charge in [-0.25, -0.2) is 12.7 Å². The molecule has 2 atom stereocenters. The Bertz CT molecular complexity index is 740. The Morgan fingerprint density at radius 2 is 2.04 bits per heavy atom. The number of halogens is 1. The minimum Gasteiger partial charge on any atom is -0.495 e. The molecule has 0 aromatic heterocycles. The van der Waals surface area contributed by atoms with Gasteiger partial charge in [0.25, 0.3) is 5.91 Å². The number of sulfonamides is 1. The van der Waals surface area contributed by atoms with Crippen LogP contribution in [0.1, 0.15) is 30.1 Å². The molecule has 1 aromatic rings. The lowest BCUT2D eigenvalue weighted by atomic mass is 9.92. The molecule has 0 radical (unpaired) electrons. The van der Waals surface area contributed by atoms with E-state index < -0.39 is 10.0 Å². The Kier molecular flexibility index (Phi) is 7.88. The first-order valence-corrected chi connectivity index (χ1v) is 9.78. The SMILES string of the molecule is COc1ccc(C(=O)N2CCC(C)CC2CN)cc1S(=O)(=O)N(C)C.Cl. The second-order valence-electron chi connectivity index (χ2n) is 6.67. The maximum absolute atomic E-state index is 12.9. The van der Waals surface area contributed by atoms with Crippen molar-refractivity contribution < 1.29 is 17.9 Å². The number of rotatable bonds is 5. The van der Waals surface area contributed by atoms with E-state index in [2.05, 4.69) is 6.92 Å². The summed E-state index contributed by atoms with van der Waals surface area (Å²) < 4.78 is 31.3. The molecule has 1 fully saturated rings. The Balaban J connectivity index is 0.00000338. The van der Waals surface area contributed by atoms with Crippen molar-refractivity contribution in [1.29, 1.82) is 0 Å². The van der Waals surface area contributed by atoms with E-state index in [1.165, 1.54) is 33.3 Å². The van der Waals surface area contributed by atoms with Gasteiger partial charge >= 0.3 is 0 Å². The second-order valence-corrected chi connectivity index (χ2v) is 8.79. The van der Waals surface area contributed by atoms with E-state index in [4.69, 9.17) is 10.5 Å². The largest absolute Gasteiger partial charge is 0.495 e. The lowest BCUT2D eigenvalue weighted by molar-refractivity contribution is 0.0573. The van der Waals surface area contributed by atoms with Gasteiger partial charge in [-0.1, -0.05) is 6.92 Å². The summed E-state index contributed by atoms with van der Waals surface area (Å²) in [6.45, 7) is 3.18. The first-order chi connectivity index (χ1) is 11.7. The third-order valence-electron chi connectivity index (χ3n) is 4.68. The van der Waals surface area contributed by atoms with Crippen molar-refractivity contribution in [3.8, 4) is 5.75 Å². The normalized spacial score (nSPS) is 20.6. The number of amides is 1. The summed E-state index contributed by atoms with van der Waals surface area (Å²) in [6.07, 6.45) is 1.78. The van der Waals surface area contributed by atoms with Crippen LogP contribution in [0.4, 0.5) is 0 Å². The summed E-state index contributed by atoms with van der Waals surface area (Å²) in [6, 6.07) is 4.49. The van der Waals surface area contributed by atoms with E-state index in [1.807, 2.05) is 0 Å². The number of piperidine rings is 1. The molecule has 26 heavy (non-hydrogen) atoms. The predicted molar refractivity (Wildman–Crippen MR) is 103 cm³/mol. The van der Waals surface area contributed by atoms with Crippen LogP contribution in [0, 0.1) is 5.92 Å². The van der Waals surface area contributed by atoms with Gasteiger partial charge in [-0.3, -0.25) is 4.79 Å². The number of carbonyl (C=O) groups is 1. The fourth-order valence-electron chi connectivity index (χ4n) is 3.12. The molecule has 9 heteroatoms. The van der Waals surface area contributed by atoms with Gasteiger partial charge < -0.3 is 15.4 Å². The van der Waals surface area contributed by atoms with Crippen LogP contribution in [-0.4, -0.2) is 63.9 Å². The number of hydrogen-bond donors (Lipinski definition) is 1. The number of methoxy groups -OCH3 is 1. The van der Waals surface area contributed by atoms with Crippen LogP contribution >= 0.6 is 12.4 Å². The monoisotopic (exact) mass is 405 g/mol. The predicted octanol–water partition coefficient (Wildman–Crippen LogP) is 1.57. The van der Waals surface area contributed by atoms with Crippen LogP contribution in [-0.2, 0) is 10.0 Å². The van der Waals surface area contributed by atoms with Crippen LogP contribution in [0.5, 0.6) is 5.75 Å². The van der Waals surface area contributed by atoms with Gasteiger partial charge in [0, 0.05) is 38.8 Å². The minimum absolute atomic E-state index is 0. The van der Waals surface area contributed by atoms with Crippen molar-refractivity contribution in [2.45, 2.75) is 30.7 Å². The van der Waals surface area contributed by atoms with Crippen molar-refractivity contribution >= 4 is 28.3 Å². The van der Waals surface area contributed by atoms with Gasteiger partial charge in [-0.15, -0.1) is 12.4 Å². The number of nitrogens with two attached hydrogens (primary N) is 1. The van der Waals surface area contributed by atoms with E-state index in [0.717, 1.165) is 17.1 Å². The van der Waals surface area contributed by atoms with Crippen molar-refractivity contribution in [1.82, 2.24) is 9.21 Å². The highest BCUT2D eigenvalue weighted by Crippen LogP contribution is 2.29. The van der Waals surface area contributed by atoms with E-state index in [1.54, 1.807) is 11.0 Å². The molecular weight excluding hydrogens is 378 g/mol. The number of likely N-dealkylation sites (tertiary alicyclic amines) is 1. The first kappa shape index (κ1) is 22.7. The number of carbonyl (C=O) groups excluding carboxylic acids is 1. The summed E-state index contributed by atoms with van der Waals surface area (Å²) in [5, 5.41) is 0. The van der Waals surface area contributed by atoms with Gasteiger partial charge in [0.1, 0.15) is 10.6 Å². The summed E-state index contributed by atoms with van der Waals surface area (Å²) in [5.74, 6) is 0.547. The fourth-order valence-corrected chi connectivity index (χ4v) is 4.19. The highest BCUT2D eigenvalue weighted by molar-refractivity contribution is 7.89. The molecule has 1 aromatic carbocycles. The van der Waals surface area contributed by atoms with Gasteiger partial charge in [0.05, 0.1) is 7.11 Å². The van der Waals surface area contributed by atoms with E-state index in [9.17, 15) is 13.2 Å². The summed E-state index contributed by atoms with van der Waals surface area (Å²) in [4.78, 5) is 14.7. The van der Waals surface area contributed by atoms with Crippen LogP contribution in [0.25, 0.3) is 0 Å². The summed E-state index contributed by atoms with van der Waals surface area (Å²) in [7, 11) is 0.572. The minimum atomic E-state index is -3.72. The average molecular weight is 406 g/mol. The van der Waals surface area contributed by atoms with Crippen LogP contribution in [0.3, 0.4) is 0 Å². The fraction of sp³-hybridized carbons (Fsp3) is 0.588. The Morgan fingerprint density at radius 1 is 1.38 bits per heavy atom. The van der Waals surface area contributed by atoms with E-state index in [0.29, 0.717) is 24.6 Å². The molecule has 0 spiro atoms.